The molecular weight excluding hydrogens is 300 g/mol. The molecule has 2 aromatic rings. The standard InChI is InChI=1S/C17H16O6/c1-20-10-6-11-14(8-4-5-21-17(8)22-11)15-13(10)7-2-3-9(18)12(7)16(19)23-15/h6,8-9,17-18H,2-5H2,1H3/t8-,9-,17+/m0/s1. The lowest BCUT2D eigenvalue weighted by atomic mass is 9.94. The van der Waals surface area contributed by atoms with Gasteiger partial charge in [-0.25, -0.2) is 4.79 Å². The molecule has 23 heavy (non-hydrogen) atoms. The first kappa shape index (κ1) is 13.4. The van der Waals surface area contributed by atoms with Gasteiger partial charge in [-0.05, 0) is 24.8 Å². The van der Waals surface area contributed by atoms with E-state index in [1.807, 2.05) is 6.07 Å². The van der Waals surface area contributed by atoms with Crippen LogP contribution in [0.1, 0.15) is 41.6 Å². The van der Waals surface area contributed by atoms with Gasteiger partial charge in [-0.2, -0.15) is 0 Å². The maximum atomic E-state index is 12.4. The Labute approximate surface area is 131 Å². The highest BCUT2D eigenvalue weighted by Gasteiger charge is 2.43. The largest absolute Gasteiger partial charge is 0.496 e. The summed E-state index contributed by atoms with van der Waals surface area (Å²) < 4.78 is 22.6. The minimum absolute atomic E-state index is 0.0749. The van der Waals surface area contributed by atoms with Crippen LogP contribution in [-0.4, -0.2) is 25.1 Å². The lowest BCUT2D eigenvalue weighted by molar-refractivity contribution is -0.0337. The van der Waals surface area contributed by atoms with Crippen LogP contribution in [0.2, 0.25) is 0 Å². The van der Waals surface area contributed by atoms with Crippen LogP contribution in [0.25, 0.3) is 11.0 Å². The van der Waals surface area contributed by atoms with E-state index in [1.54, 1.807) is 7.11 Å². The summed E-state index contributed by atoms with van der Waals surface area (Å²) in [6.07, 6.45) is 0.930. The Bertz CT molecular complexity index is 883. The first-order valence-corrected chi connectivity index (χ1v) is 7.86. The van der Waals surface area contributed by atoms with Gasteiger partial charge in [0.05, 0.1) is 36.7 Å². The molecule has 3 heterocycles. The summed E-state index contributed by atoms with van der Waals surface area (Å²) in [5.41, 5.74) is 2.16. The Morgan fingerprint density at radius 1 is 1.30 bits per heavy atom. The second-order valence-electron chi connectivity index (χ2n) is 6.28. The molecule has 0 bridgehead atoms. The van der Waals surface area contributed by atoms with Crippen molar-refractivity contribution in [3.63, 3.8) is 0 Å². The molecular formula is C17H16O6. The zero-order valence-corrected chi connectivity index (χ0v) is 12.6. The molecule has 2 aliphatic heterocycles. The number of ether oxygens (including phenoxy) is 3. The third kappa shape index (κ3) is 1.62. The van der Waals surface area contributed by atoms with Crippen LogP contribution < -0.4 is 15.1 Å². The fourth-order valence-corrected chi connectivity index (χ4v) is 4.14. The van der Waals surface area contributed by atoms with Crippen molar-refractivity contribution in [3.05, 3.63) is 33.2 Å². The lowest BCUT2D eigenvalue weighted by Gasteiger charge is -2.13. The molecule has 0 radical (unpaired) electrons. The second kappa shape index (κ2) is 4.49. The first-order valence-electron chi connectivity index (χ1n) is 7.86. The number of methoxy groups -OCH3 is 1. The van der Waals surface area contributed by atoms with Crippen molar-refractivity contribution in [2.75, 3.05) is 13.7 Å². The smallest absolute Gasteiger partial charge is 0.342 e. The highest BCUT2D eigenvalue weighted by Crippen LogP contribution is 2.51. The van der Waals surface area contributed by atoms with Gasteiger partial charge >= 0.3 is 5.63 Å². The van der Waals surface area contributed by atoms with E-state index in [1.165, 1.54) is 0 Å². The van der Waals surface area contributed by atoms with Crippen molar-refractivity contribution in [1.82, 2.24) is 0 Å². The summed E-state index contributed by atoms with van der Waals surface area (Å²) in [5, 5.41) is 10.9. The predicted octanol–water partition coefficient (Wildman–Crippen LogP) is 2.00. The minimum Gasteiger partial charge on any atom is -0.496 e. The van der Waals surface area contributed by atoms with Gasteiger partial charge < -0.3 is 23.7 Å². The predicted molar refractivity (Wildman–Crippen MR) is 80.0 cm³/mol. The molecule has 1 saturated heterocycles. The monoisotopic (exact) mass is 316 g/mol. The molecule has 6 heteroatoms. The van der Waals surface area contributed by atoms with Gasteiger partial charge in [-0.15, -0.1) is 0 Å². The Kier molecular flexibility index (Phi) is 2.61. The van der Waals surface area contributed by atoms with E-state index in [9.17, 15) is 9.90 Å². The lowest BCUT2D eigenvalue weighted by Crippen LogP contribution is -2.14. The summed E-state index contributed by atoms with van der Waals surface area (Å²) in [6, 6.07) is 1.84. The second-order valence-corrected chi connectivity index (χ2v) is 6.28. The van der Waals surface area contributed by atoms with Crippen molar-refractivity contribution in [2.24, 2.45) is 0 Å². The molecule has 0 spiro atoms. The van der Waals surface area contributed by atoms with Crippen molar-refractivity contribution < 1.29 is 23.7 Å². The van der Waals surface area contributed by atoms with E-state index in [-0.39, 0.29) is 12.2 Å². The van der Waals surface area contributed by atoms with Crippen molar-refractivity contribution in [3.8, 4) is 11.5 Å². The zero-order chi connectivity index (χ0) is 15.7. The molecule has 0 saturated carbocycles. The number of aliphatic hydroxyl groups excluding tert-OH is 1. The van der Waals surface area contributed by atoms with Gasteiger partial charge in [-0.1, -0.05) is 0 Å². The summed E-state index contributed by atoms with van der Waals surface area (Å²) in [5.74, 6) is 1.34. The summed E-state index contributed by atoms with van der Waals surface area (Å²) in [4.78, 5) is 12.4. The van der Waals surface area contributed by atoms with Crippen molar-refractivity contribution >= 4 is 11.0 Å². The molecule has 120 valence electrons. The van der Waals surface area contributed by atoms with E-state index in [0.29, 0.717) is 42.1 Å². The van der Waals surface area contributed by atoms with Crippen LogP contribution >= 0.6 is 0 Å². The highest BCUT2D eigenvalue weighted by atomic mass is 16.7. The molecule has 0 unspecified atom stereocenters. The Morgan fingerprint density at radius 2 is 2.17 bits per heavy atom. The number of hydrogen-bond acceptors (Lipinski definition) is 6. The van der Waals surface area contributed by atoms with Gasteiger partial charge in [0, 0.05) is 11.6 Å². The number of benzene rings is 1. The highest BCUT2D eigenvalue weighted by molar-refractivity contribution is 5.93. The van der Waals surface area contributed by atoms with Crippen LogP contribution in [0.5, 0.6) is 11.5 Å². The van der Waals surface area contributed by atoms with E-state index in [2.05, 4.69) is 0 Å². The van der Waals surface area contributed by atoms with Gasteiger partial charge in [0.25, 0.3) is 0 Å². The number of hydrogen-bond donors (Lipinski definition) is 1. The SMILES string of the molecule is COc1cc2c(c3oc(=O)c4c(c13)CC[C@@H]4O)[C@@H]1CCO[C@@H]1O2. The first-order chi connectivity index (χ1) is 11.2. The van der Waals surface area contributed by atoms with E-state index >= 15 is 0 Å². The molecule has 5 rings (SSSR count). The molecule has 3 aliphatic rings. The third-order valence-electron chi connectivity index (χ3n) is 5.16. The number of aliphatic hydroxyl groups is 1. The summed E-state index contributed by atoms with van der Waals surface area (Å²) in [7, 11) is 1.58. The number of aryl methyl sites for hydroxylation is 1. The van der Waals surface area contributed by atoms with E-state index < -0.39 is 11.7 Å². The Hall–Kier alpha value is -2.05. The number of rotatable bonds is 1. The maximum Gasteiger partial charge on any atom is 0.342 e. The van der Waals surface area contributed by atoms with Crippen LogP contribution in [0.3, 0.4) is 0 Å². The fraction of sp³-hybridized carbons (Fsp3) is 0.471. The molecule has 1 aromatic carbocycles. The van der Waals surface area contributed by atoms with Gasteiger partial charge in [0.15, 0.2) is 0 Å². The number of fused-ring (bicyclic) bond motifs is 7. The molecule has 1 N–H and O–H groups in total. The van der Waals surface area contributed by atoms with Crippen LogP contribution in [0.15, 0.2) is 15.3 Å². The third-order valence-corrected chi connectivity index (χ3v) is 5.16. The molecule has 1 fully saturated rings. The fourth-order valence-electron chi connectivity index (χ4n) is 4.14. The summed E-state index contributed by atoms with van der Waals surface area (Å²) >= 11 is 0. The molecule has 1 aromatic heterocycles. The van der Waals surface area contributed by atoms with Crippen LogP contribution in [0, 0.1) is 0 Å². The average Bonchev–Trinajstić information content (AvgIpc) is 3.20. The van der Waals surface area contributed by atoms with Crippen molar-refractivity contribution in [2.45, 2.75) is 37.6 Å². The maximum absolute atomic E-state index is 12.4. The molecule has 0 amide bonds. The normalized spacial score (nSPS) is 27.7. The van der Waals surface area contributed by atoms with E-state index in [0.717, 1.165) is 22.9 Å². The van der Waals surface area contributed by atoms with E-state index in [4.69, 9.17) is 18.6 Å². The van der Waals surface area contributed by atoms with Gasteiger partial charge in [-0.3, -0.25) is 0 Å². The van der Waals surface area contributed by atoms with Crippen LogP contribution in [-0.2, 0) is 11.2 Å². The zero-order valence-electron chi connectivity index (χ0n) is 12.6. The van der Waals surface area contributed by atoms with Gasteiger partial charge in [0.2, 0.25) is 6.29 Å². The quantitative estimate of drug-likeness (QED) is 0.811. The Morgan fingerprint density at radius 3 is 3.00 bits per heavy atom. The Balaban J connectivity index is 1.90. The van der Waals surface area contributed by atoms with Crippen molar-refractivity contribution in [1.29, 1.82) is 0 Å². The molecule has 6 nitrogen and oxygen atoms in total. The van der Waals surface area contributed by atoms with Crippen LogP contribution in [0.4, 0.5) is 0 Å². The molecule has 3 atom stereocenters. The van der Waals surface area contributed by atoms with Gasteiger partial charge in [0.1, 0.15) is 17.1 Å². The average molecular weight is 316 g/mol. The molecule has 1 aliphatic carbocycles. The summed E-state index contributed by atoms with van der Waals surface area (Å²) in [6.45, 7) is 0.635. The topological polar surface area (TPSA) is 78.1 Å². The minimum atomic E-state index is -0.762.